The monoisotopic (exact) mass is 104 g/mol. The second kappa shape index (κ2) is 9.35. The largest absolute Gasteiger partial charge is 0.382 e. The van der Waals surface area contributed by atoms with E-state index < -0.39 is 0 Å². The lowest BCUT2D eigenvalue weighted by molar-refractivity contribution is 0.134. The van der Waals surface area contributed by atoms with Crippen molar-refractivity contribution < 1.29 is 4.74 Å². The maximum atomic E-state index is 4.75. The summed E-state index contributed by atoms with van der Waals surface area (Å²) < 4.78 is 4.75. The van der Waals surface area contributed by atoms with Crippen molar-refractivity contribution in [3.8, 4) is 0 Å². The molecule has 0 fully saturated rings. The molecule has 0 aromatic heterocycles. The quantitative estimate of drug-likeness (QED) is 0.495. The van der Waals surface area contributed by atoms with Crippen LogP contribution in [0.5, 0.6) is 0 Å². The molecular weight excluding hydrogens is 88.1 g/mol. The normalized spacial score (nSPS) is 7.71. The molecule has 0 N–H and O–H groups in total. The van der Waals surface area contributed by atoms with E-state index in [1.54, 1.807) is 7.11 Å². The molecule has 46 valence electrons. The Morgan fingerprint density at radius 2 is 1.29 bits per heavy atom. The van der Waals surface area contributed by atoms with Gasteiger partial charge in [-0.25, -0.2) is 0 Å². The third-order valence-corrected chi connectivity index (χ3v) is 0.471. The van der Waals surface area contributed by atoms with Crippen LogP contribution in [0.2, 0.25) is 0 Å². The summed E-state index contributed by atoms with van der Waals surface area (Å²) in [7, 11) is 1.70. The van der Waals surface area contributed by atoms with E-state index in [2.05, 4.69) is 0 Å². The van der Waals surface area contributed by atoms with Crippen LogP contribution in [0.1, 0.15) is 27.7 Å². The molecule has 0 rings (SSSR count). The third-order valence-electron chi connectivity index (χ3n) is 0.471. The first kappa shape index (κ1) is 10.0. The Balaban J connectivity index is 0. The van der Waals surface area contributed by atoms with Gasteiger partial charge in [0.1, 0.15) is 0 Å². The van der Waals surface area contributed by atoms with E-state index >= 15 is 0 Å². The van der Waals surface area contributed by atoms with Crippen molar-refractivity contribution in [1.29, 1.82) is 0 Å². The zero-order valence-electron chi connectivity index (χ0n) is 5.99. The van der Waals surface area contributed by atoms with Crippen LogP contribution < -0.4 is 0 Å². The zero-order valence-corrected chi connectivity index (χ0v) is 5.99. The van der Waals surface area contributed by atoms with Gasteiger partial charge in [0.2, 0.25) is 0 Å². The fraction of sp³-hybridized carbons (Fsp3) is 1.00. The minimum absolute atomic E-state index is 0.384. The molecule has 0 aliphatic heterocycles. The molecule has 0 aromatic rings. The smallest absolute Gasteiger partial charge is 0.0515 e. The summed E-state index contributed by atoms with van der Waals surface area (Å²) in [6.07, 6.45) is 0.384. The molecule has 0 atom stereocenters. The Hall–Kier alpha value is -0.0400. The number of rotatable bonds is 1. The van der Waals surface area contributed by atoms with Crippen molar-refractivity contribution in [2.75, 3.05) is 7.11 Å². The van der Waals surface area contributed by atoms with Crippen LogP contribution in [-0.2, 0) is 4.74 Å². The van der Waals surface area contributed by atoms with Crippen molar-refractivity contribution in [3.63, 3.8) is 0 Å². The molecule has 1 nitrogen and oxygen atoms in total. The van der Waals surface area contributed by atoms with E-state index in [0.717, 1.165) is 0 Å². The summed E-state index contributed by atoms with van der Waals surface area (Å²) in [5.74, 6) is 0. The van der Waals surface area contributed by atoms with Gasteiger partial charge in [0.25, 0.3) is 0 Å². The first-order valence-corrected chi connectivity index (χ1v) is 2.80. The molecule has 0 radical (unpaired) electrons. The SMILES string of the molecule is CC.COC(C)C. The Morgan fingerprint density at radius 3 is 1.29 bits per heavy atom. The molecule has 0 unspecified atom stereocenters. The van der Waals surface area contributed by atoms with Gasteiger partial charge in [0.15, 0.2) is 0 Å². The topological polar surface area (TPSA) is 9.23 Å². The molecule has 0 aliphatic carbocycles. The molecule has 0 saturated heterocycles. The number of methoxy groups -OCH3 is 1. The summed E-state index contributed by atoms with van der Waals surface area (Å²) in [4.78, 5) is 0. The zero-order chi connectivity index (χ0) is 6.28. The van der Waals surface area contributed by atoms with Crippen LogP contribution in [0, 0.1) is 0 Å². The molecular formula is C6H16O. The Labute approximate surface area is 46.7 Å². The predicted molar refractivity (Wildman–Crippen MR) is 33.5 cm³/mol. The lowest BCUT2D eigenvalue weighted by atomic mass is 10.5. The van der Waals surface area contributed by atoms with Crippen molar-refractivity contribution in [3.05, 3.63) is 0 Å². The van der Waals surface area contributed by atoms with Crippen LogP contribution in [0.4, 0.5) is 0 Å². The summed E-state index contributed by atoms with van der Waals surface area (Å²) >= 11 is 0. The lowest BCUT2D eigenvalue weighted by Crippen LogP contribution is -1.94. The van der Waals surface area contributed by atoms with Crippen molar-refractivity contribution in [2.24, 2.45) is 0 Å². The molecule has 0 saturated carbocycles. The minimum Gasteiger partial charge on any atom is -0.382 e. The van der Waals surface area contributed by atoms with Crippen molar-refractivity contribution in [2.45, 2.75) is 33.8 Å². The highest BCUT2D eigenvalue weighted by Crippen LogP contribution is 1.77. The Bertz CT molecular complexity index is 18.1. The Morgan fingerprint density at radius 1 is 1.14 bits per heavy atom. The van der Waals surface area contributed by atoms with Gasteiger partial charge < -0.3 is 4.74 Å². The van der Waals surface area contributed by atoms with E-state index in [0.29, 0.717) is 6.10 Å². The van der Waals surface area contributed by atoms with Crippen LogP contribution in [-0.4, -0.2) is 13.2 Å². The molecule has 0 heterocycles. The number of hydrogen-bond donors (Lipinski definition) is 0. The first-order chi connectivity index (χ1) is 3.27. The van der Waals surface area contributed by atoms with Crippen LogP contribution in [0.25, 0.3) is 0 Å². The number of ether oxygens (including phenoxy) is 1. The van der Waals surface area contributed by atoms with Gasteiger partial charge in [0, 0.05) is 7.11 Å². The molecule has 0 amide bonds. The van der Waals surface area contributed by atoms with E-state index in [1.165, 1.54) is 0 Å². The van der Waals surface area contributed by atoms with E-state index in [-0.39, 0.29) is 0 Å². The van der Waals surface area contributed by atoms with Gasteiger partial charge in [-0.05, 0) is 13.8 Å². The molecule has 7 heavy (non-hydrogen) atoms. The highest BCUT2D eigenvalue weighted by Gasteiger charge is 1.78. The van der Waals surface area contributed by atoms with Gasteiger partial charge in [-0.1, -0.05) is 13.8 Å². The maximum Gasteiger partial charge on any atom is 0.0515 e. The number of hydrogen-bond acceptors (Lipinski definition) is 1. The second-order valence-electron chi connectivity index (χ2n) is 1.28. The van der Waals surface area contributed by atoms with E-state index in [4.69, 9.17) is 4.74 Å². The predicted octanol–water partition coefficient (Wildman–Crippen LogP) is 2.07. The lowest BCUT2D eigenvalue weighted by Gasteiger charge is -1.94. The molecule has 0 aromatic carbocycles. The third kappa shape index (κ3) is 24.3. The summed E-state index contributed by atoms with van der Waals surface area (Å²) in [6.45, 7) is 8.00. The molecule has 0 aliphatic rings. The standard InChI is InChI=1S/C4H10O.C2H6/c1-4(2)5-3;1-2/h4H,1-3H3;1-2H3. The maximum absolute atomic E-state index is 4.75. The van der Waals surface area contributed by atoms with Gasteiger partial charge in [-0.2, -0.15) is 0 Å². The van der Waals surface area contributed by atoms with Crippen LogP contribution >= 0.6 is 0 Å². The first-order valence-electron chi connectivity index (χ1n) is 2.80. The summed E-state index contributed by atoms with van der Waals surface area (Å²) in [5.41, 5.74) is 0. The van der Waals surface area contributed by atoms with Gasteiger partial charge in [0.05, 0.1) is 6.10 Å². The van der Waals surface area contributed by atoms with Gasteiger partial charge in [-0.15, -0.1) is 0 Å². The van der Waals surface area contributed by atoms with Crippen molar-refractivity contribution >= 4 is 0 Å². The van der Waals surface area contributed by atoms with Crippen LogP contribution in [0.15, 0.2) is 0 Å². The second-order valence-corrected chi connectivity index (χ2v) is 1.28. The molecule has 0 bridgehead atoms. The minimum atomic E-state index is 0.384. The Kier molecular flexibility index (Phi) is 13.4. The van der Waals surface area contributed by atoms with Gasteiger partial charge in [-0.3, -0.25) is 0 Å². The fourth-order valence-corrected chi connectivity index (χ4v) is 0. The summed E-state index contributed by atoms with van der Waals surface area (Å²) in [6, 6.07) is 0. The highest BCUT2D eigenvalue weighted by molar-refractivity contribution is 4.27. The fourth-order valence-electron chi connectivity index (χ4n) is 0. The van der Waals surface area contributed by atoms with Crippen LogP contribution in [0.3, 0.4) is 0 Å². The summed E-state index contributed by atoms with van der Waals surface area (Å²) in [5, 5.41) is 0. The average Bonchev–Trinajstić information content (AvgIpc) is 1.73. The molecule has 0 spiro atoms. The van der Waals surface area contributed by atoms with Crippen molar-refractivity contribution in [1.82, 2.24) is 0 Å². The highest BCUT2D eigenvalue weighted by atomic mass is 16.5. The van der Waals surface area contributed by atoms with E-state index in [1.807, 2.05) is 27.7 Å². The van der Waals surface area contributed by atoms with Gasteiger partial charge >= 0.3 is 0 Å². The van der Waals surface area contributed by atoms with E-state index in [9.17, 15) is 0 Å². The average molecular weight is 104 g/mol. The molecule has 1 heteroatoms.